The first-order valence-corrected chi connectivity index (χ1v) is 5.71. The van der Waals surface area contributed by atoms with Crippen molar-refractivity contribution in [2.45, 2.75) is 6.92 Å². The van der Waals surface area contributed by atoms with Crippen molar-refractivity contribution in [1.82, 2.24) is 0 Å². The van der Waals surface area contributed by atoms with Gasteiger partial charge in [0.1, 0.15) is 14.1 Å². The maximum absolute atomic E-state index is 4.56. The Bertz CT molecular complexity index is 507. The van der Waals surface area contributed by atoms with Gasteiger partial charge >= 0.3 is 0 Å². The van der Waals surface area contributed by atoms with Crippen LogP contribution in [0.3, 0.4) is 0 Å². The molecular formula is C15H17N2+. The SMILES string of the molecule is Cc1ccc(N=C2C=CC(=[N+](C)C)C=C2)cc1. The second-order valence-electron chi connectivity index (χ2n) is 4.36. The van der Waals surface area contributed by atoms with Crippen LogP contribution in [0.15, 0.2) is 53.6 Å². The third-order valence-corrected chi connectivity index (χ3v) is 2.66. The molecule has 0 saturated carbocycles. The summed E-state index contributed by atoms with van der Waals surface area (Å²) in [5.74, 6) is 0. The molecule has 86 valence electrons. The highest BCUT2D eigenvalue weighted by Crippen LogP contribution is 2.14. The summed E-state index contributed by atoms with van der Waals surface area (Å²) in [6, 6.07) is 8.23. The molecule has 1 aliphatic rings. The fourth-order valence-corrected chi connectivity index (χ4v) is 1.59. The van der Waals surface area contributed by atoms with Crippen molar-refractivity contribution in [1.29, 1.82) is 0 Å². The minimum Gasteiger partial charge on any atom is -0.249 e. The van der Waals surface area contributed by atoms with Crippen LogP contribution in [-0.2, 0) is 0 Å². The van der Waals surface area contributed by atoms with Crippen molar-refractivity contribution in [3.05, 3.63) is 54.1 Å². The van der Waals surface area contributed by atoms with Gasteiger partial charge in [-0.2, -0.15) is 0 Å². The molecule has 0 fully saturated rings. The van der Waals surface area contributed by atoms with Crippen LogP contribution in [0, 0.1) is 6.92 Å². The molecule has 2 nitrogen and oxygen atoms in total. The zero-order valence-electron chi connectivity index (χ0n) is 10.5. The number of aliphatic imine (C=N–C) groups is 1. The first-order chi connectivity index (χ1) is 8.15. The van der Waals surface area contributed by atoms with Crippen LogP contribution in [-0.4, -0.2) is 30.1 Å². The van der Waals surface area contributed by atoms with Gasteiger partial charge in [-0.25, -0.2) is 9.57 Å². The summed E-state index contributed by atoms with van der Waals surface area (Å²) in [6.07, 6.45) is 8.23. The van der Waals surface area contributed by atoms with Crippen LogP contribution >= 0.6 is 0 Å². The lowest BCUT2D eigenvalue weighted by Gasteiger charge is -2.01. The van der Waals surface area contributed by atoms with Gasteiger partial charge in [0, 0.05) is 12.2 Å². The Hall–Kier alpha value is -1.96. The lowest BCUT2D eigenvalue weighted by molar-refractivity contribution is -0.462. The van der Waals surface area contributed by atoms with Gasteiger partial charge in [-0.05, 0) is 31.2 Å². The lowest BCUT2D eigenvalue weighted by Crippen LogP contribution is -2.11. The van der Waals surface area contributed by atoms with E-state index in [-0.39, 0.29) is 0 Å². The summed E-state index contributed by atoms with van der Waals surface area (Å²) in [5, 5.41) is 0. The summed E-state index contributed by atoms with van der Waals surface area (Å²) in [4.78, 5) is 4.56. The number of rotatable bonds is 1. The second-order valence-corrected chi connectivity index (χ2v) is 4.36. The van der Waals surface area contributed by atoms with Crippen LogP contribution in [0.2, 0.25) is 0 Å². The molecule has 0 N–H and O–H groups in total. The number of aryl methyl sites for hydroxylation is 1. The van der Waals surface area contributed by atoms with Gasteiger partial charge in [0.25, 0.3) is 0 Å². The maximum Gasteiger partial charge on any atom is 0.199 e. The monoisotopic (exact) mass is 225 g/mol. The molecule has 0 saturated heterocycles. The zero-order chi connectivity index (χ0) is 12.3. The Kier molecular flexibility index (Phi) is 3.33. The molecule has 17 heavy (non-hydrogen) atoms. The van der Waals surface area contributed by atoms with Crippen LogP contribution < -0.4 is 0 Å². The average molecular weight is 225 g/mol. The molecule has 0 amide bonds. The first-order valence-electron chi connectivity index (χ1n) is 5.71. The fraction of sp³-hybridized carbons (Fsp3) is 0.200. The van der Waals surface area contributed by atoms with E-state index < -0.39 is 0 Å². The average Bonchev–Trinajstić information content (AvgIpc) is 2.33. The van der Waals surface area contributed by atoms with Crippen molar-refractivity contribution in [2.75, 3.05) is 14.1 Å². The molecule has 1 aliphatic carbocycles. The molecule has 0 bridgehead atoms. The van der Waals surface area contributed by atoms with Gasteiger partial charge in [0.15, 0.2) is 5.71 Å². The van der Waals surface area contributed by atoms with E-state index in [0.717, 1.165) is 11.4 Å². The largest absolute Gasteiger partial charge is 0.249 e. The van der Waals surface area contributed by atoms with Gasteiger partial charge in [0.05, 0.1) is 11.4 Å². The Labute approximate surface area is 102 Å². The van der Waals surface area contributed by atoms with E-state index in [1.165, 1.54) is 11.3 Å². The molecule has 2 heteroatoms. The molecule has 0 aromatic heterocycles. The third-order valence-electron chi connectivity index (χ3n) is 2.66. The van der Waals surface area contributed by atoms with Gasteiger partial charge in [0.2, 0.25) is 0 Å². The Morgan fingerprint density at radius 2 is 1.47 bits per heavy atom. The van der Waals surface area contributed by atoms with Crippen molar-refractivity contribution in [2.24, 2.45) is 4.99 Å². The molecule has 0 aliphatic heterocycles. The molecule has 1 aromatic carbocycles. The number of allylic oxidation sites excluding steroid dienone is 4. The molecule has 2 rings (SSSR count). The second kappa shape index (κ2) is 4.91. The summed E-state index contributed by atoms with van der Waals surface area (Å²) in [5.41, 5.74) is 4.42. The van der Waals surface area contributed by atoms with E-state index in [0.29, 0.717) is 0 Å². The predicted molar refractivity (Wildman–Crippen MR) is 73.7 cm³/mol. The molecular weight excluding hydrogens is 208 g/mol. The summed E-state index contributed by atoms with van der Waals surface area (Å²) < 4.78 is 2.08. The number of nitrogens with zero attached hydrogens (tertiary/aromatic N) is 2. The van der Waals surface area contributed by atoms with Crippen molar-refractivity contribution in [3.63, 3.8) is 0 Å². The summed E-state index contributed by atoms with van der Waals surface area (Å²) in [7, 11) is 4.07. The summed E-state index contributed by atoms with van der Waals surface area (Å²) >= 11 is 0. The highest BCUT2D eigenvalue weighted by Gasteiger charge is 2.04. The smallest absolute Gasteiger partial charge is 0.199 e. The Balaban J connectivity index is 2.22. The van der Waals surface area contributed by atoms with E-state index in [1.807, 2.05) is 38.4 Å². The molecule has 0 unspecified atom stereocenters. The Morgan fingerprint density at radius 3 is 2.00 bits per heavy atom. The standard InChI is InChI=1S/C15H17N2/c1-12-4-6-13(7-5-12)16-14-8-10-15(11-9-14)17(2)3/h4-11H,1-3H3/q+1. The molecule has 0 spiro atoms. The van der Waals surface area contributed by atoms with Crippen LogP contribution in [0.4, 0.5) is 5.69 Å². The third kappa shape index (κ3) is 3.00. The van der Waals surface area contributed by atoms with Crippen molar-refractivity contribution in [3.8, 4) is 0 Å². The van der Waals surface area contributed by atoms with Crippen molar-refractivity contribution >= 4 is 17.1 Å². The van der Waals surface area contributed by atoms with E-state index in [2.05, 4.69) is 40.8 Å². The quantitative estimate of drug-likeness (QED) is 0.516. The van der Waals surface area contributed by atoms with Crippen LogP contribution in [0.5, 0.6) is 0 Å². The zero-order valence-corrected chi connectivity index (χ0v) is 10.5. The van der Waals surface area contributed by atoms with Crippen LogP contribution in [0.25, 0.3) is 0 Å². The first kappa shape index (κ1) is 11.5. The molecule has 0 radical (unpaired) electrons. The number of hydrogen-bond acceptors (Lipinski definition) is 1. The fourth-order valence-electron chi connectivity index (χ4n) is 1.59. The van der Waals surface area contributed by atoms with Crippen molar-refractivity contribution < 1.29 is 4.58 Å². The van der Waals surface area contributed by atoms with E-state index in [1.54, 1.807) is 0 Å². The normalized spacial score (nSPS) is 14.1. The van der Waals surface area contributed by atoms with Gasteiger partial charge in [-0.3, -0.25) is 0 Å². The molecule has 1 aromatic rings. The maximum atomic E-state index is 4.56. The van der Waals surface area contributed by atoms with Crippen LogP contribution in [0.1, 0.15) is 5.56 Å². The minimum absolute atomic E-state index is 0.986. The topological polar surface area (TPSA) is 15.4 Å². The van der Waals surface area contributed by atoms with E-state index in [9.17, 15) is 0 Å². The minimum atomic E-state index is 0.986. The highest BCUT2D eigenvalue weighted by atomic mass is 14.9. The van der Waals surface area contributed by atoms with E-state index in [4.69, 9.17) is 0 Å². The predicted octanol–water partition coefficient (Wildman–Crippen LogP) is 2.91. The van der Waals surface area contributed by atoms with Gasteiger partial charge in [-0.15, -0.1) is 0 Å². The number of hydrogen-bond donors (Lipinski definition) is 0. The summed E-state index contributed by atoms with van der Waals surface area (Å²) in [6.45, 7) is 2.08. The van der Waals surface area contributed by atoms with Gasteiger partial charge in [-0.1, -0.05) is 17.7 Å². The lowest BCUT2D eigenvalue weighted by atomic mass is 10.1. The Morgan fingerprint density at radius 1 is 0.882 bits per heavy atom. The highest BCUT2D eigenvalue weighted by molar-refractivity contribution is 6.17. The van der Waals surface area contributed by atoms with E-state index >= 15 is 0 Å². The van der Waals surface area contributed by atoms with Gasteiger partial charge < -0.3 is 0 Å². The molecule has 0 atom stereocenters. The molecule has 0 heterocycles. The number of benzene rings is 1.